The Morgan fingerprint density at radius 2 is 1.88 bits per heavy atom. The molecule has 1 unspecified atom stereocenters. The molecule has 33 heavy (non-hydrogen) atoms. The number of benzene rings is 2. The van der Waals surface area contributed by atoms with E-state index in [0.717, 1.165) is 11.1 Å². The number of nitrogens with zero attached hydrogens (tertiary/aromatic N) is 2. The number of sulfonamides is 1. The molecule has 1 saturated heterocycles. The number of thioether (sulfide) groups is 1. The summed E-state index contributed by atoms with van der Waals surface area (Å²) in [5, 5.41) is 6.12. The van der Waals surface area contributed by atoms with Crippen LogP contribution < -0.4 is 5.32 Å². The first-order valence-corrected chi connectivity index (χ1v) is 13.0. The zero-order chi connectivity index (χ0) is 23.3. The first kappa shape index (κ1) is 23.5. The van der Waals surface area contributed by atoms with Crippen LogP contribution in [-0.2, 0) is 25.3 Å². The van der Waals surface area contributed by atoms with Crippen LogP contribution in [0.3, 0.4) is 0 Å². The monoisotopic (exact) mass is 487 g/mol. The third-order valence-corrected chi connectivity index (χ3v) is 8.36. The van der Waals surface area contributed by atoms with E-state index in [2.05, 4.69) is 10.5 Å². The van der Waals surface area contributed by atoms with Gasteiger partial charge in [-0.3, -0.25) is 4.79 Å². The van der Waals surface area contributed by atoms with Crippen molar-refractivity contribution in [3.05, 3.63) is 77.6 Å². The summed E-state index contributed by atoms with van der Waals surface area (Å²) in [5.41, 5.74) is 1.66. The molecular formula is C23H25N3O5S2. The molecule has 0 radical (unpaired) electrons. The molecule has 2 heterocycles. The van der Waals surface area contributed by atoms with Gasteiger partial charge < -0.3 is 14.6 Å². The number of hydrogen-bond acceptors (Lipinski definition) is 7. The van der Waals surface area contributed by atoms with Crippen molar-refractivity contribution >= 4 is 33.5 Å². The number of amides is 1. The second-order valence-corrected chi connectivity index (χ2v) is 10.6. The highest BCUT2D eigenvalue weighted by Gasteiger charge is 2.27. The maximum atomic E-state index is 13.0. The van der Waals surface area contributed by atoms with Crippen LogP contribution in [0.4, 0.5) is 5.82 Å². The summed E-state index contributed by atoms with van der Waals surface area (Å²) in [6, 6.07) is 18.0. The highest BCUT2D eigenvalue weighted by molar-refractivity contribution is 7.99. The van der Waals surface area contributed by atoms with Crippen LogP contribution in [0, 0.1) is 6.92 Å². The van der Waals surface area contributed by atoms with Gasteiger partial charge in [0.25, 0.3) is 0 Å². The molecule has 8 nitrogen and oxygen atoms in total. The molecule has 1 N–H and O–H groups in total. The average Bonchev–Trinajstić information content (AvgIpc) is 3.25. The van der Waals surface area contributed by atoms with E-state index >= 15 is 0 Å². The van der Waals surface area contributed by atoms with Gasteiger partial charge in [0.2, 0.25) is 15.9 Å². The second-order valence-electron chi connectivity index (χ2n) is 7.58. The van der Waals surface area contributed by atoms with Crippen molar-refractivity contribution in [1.82, 2.24) is 9.46 Å². The number of rotatable bonds is 8. The van der Waals surface area contributed by atoms with Crippen molar-refractivity contribution in [2.45, 2.75) is 22.8 Å². The molecule has 1 fully saturated rings. The minimum Gasteiger partial charge on any atom is -0.379 e. The molecule has 174 valence electrons. The third-order valence-electron chi connectivity index (χ3n) is 5.14. The van der Waals surface area contributed by atoms with Crippen LogP contribution in [0.15, 0.2) is 70.1 Å². The topological polar surface area (TPSA) is 102 Å². The van der Waals surface area contributed by atoms with E-state index in [1.807, 2.05) is 36.4 Å². The molecule has 4 rings (SSSR count). The Morgan fingerprint density at radius 3 is 2.58 bits per heavy atom. The van der Waals surface area contributed by atoms with Crippen molar-refractivity contribution in [3.8, 4) is 0 Å². The number of carbonyl (C=O) groups excluding carboxylic acids is 1. The van der Waals surface area contributed by atoms with E-state index in [9.17, 15) is 13.2 Å². The summed E-state index contributed by atoms with van der Waals surface area (Å²) in [5.74, 6) is 1.19. The lowest BCUT2D eigenvalue weighted by Crippen LogP contribution is -2.40. The number of hydrogen-bond donors (Lipinski definition) is 1. The summed E-state index contributed by atoms with van der Waals surface area (Å²) in [6.45, 7) is 3.24. The van der Waals surface area contributed by atoms with E-state index in [1.54, 1.807) is 31.2 Å². The van der Waals surface area contributed by atoms with E-state index in [1.165, 1.54) is 16.1 Å². The Balaban J connectivity index is 1.50. The zero-order valence-electron chi connectivity index (χ0n) is 18.1. The van der Waals surface area contributed by atoms with Crippen molar-refractivity contribution in [3.63, 3.8) is 0 Å². The van der Waals surface area contributed by atoms with E-state index < -0.39 is 15.3 Å². The summed E-state index contributed by atoms with van der Waals surface area (Å²) in [4.78, 5) is 13.3. The fourth-order valence-electron chi connectivity index (χ4n) is 3.48. The Kier molecular flexibility index (Phi) is 7.49. The maximum Gasteiger partial charge on any atom is 0.243 e. The lowest BCUT2D eigenvalue weighted by molar-refractivity contribution is -0.115. The molecular weight excluding hydrogens is 462 g/mol. The predicted molar refractivity (Wildman–Crippen MR) is 126 cm³/mol. The van der Waals surface area contributed by atoms with Crippen molar-refractivity contribution in [2.24, 2.45) is 0 Å². The van der Waals surface area contributed by atoms with Gasteiger partial charge in [0.05, 0.1) is 18.1 Å². The number of ether oxygens (including phenoxy) is 1. The quantitative estimate of drug-likeness (QED) is 0.518. The smallest absolute Gasteiger partial charge is 0.243 e. The Labute approximate surface area is 197 Å². The van der Waals surface area contributed by atoms with Gasteiger partial charge in [0, 0.05) is 24.9 Å². The van der Waals surface area contributed by atoms with Gasteiger partial charge in [-0.25, -0.2) is 8.42 Å². The van der Waals surface area contributed by atoms with E-state index in [-0.39, 0.29) is 10.8 Å². The molecule has 0 spiro atoms. The number of aryl methyl sites for hydroxylation is 1. The van der Waals surface area contributed by atoms with Crippen molar-refractivity contribution < 1.29 is 22.5 Å². The summed E-state index contributed by atoms with van der Waals surface area (Å²) >= 11 is 1.42. The first-order valence-electron chi connectivity index (χ1n) is 10.5. The molecule has 1 aliphatic heterocycles. The Morgan fingerprint density at radius 1 is 1.12 bits per heavy atom. The highest BCUT2D eigenvalue weighted by atomic mass is 32.2. The SMILES string of the molecule is Cc1cc(NC(=O)C(SCc2cccc(S(=O)(=O)N3CCOCC3)c2)c2ccccc2)no1. The number of carbonyl (C=O) groups is 1. The Hall–Kier alpha value is -2.66. The summed E-state index contributed by atoms with van der Waals surface area (Å²) < 4.78 is 37.7. The molecule has 0 aliphatic carbocycles. The molecule has 1 aromatic heterocycles. The van der Waals surface area contributed by atoms with E-state index in [4.69, 9.17) is 9.26 Å². The number of aromatic nitrogens is 1. The van der Waals surface area contributed by atoms with Gasteiger partial charge in [-0.2, -0.15) is 4.31 Å². The second kappa shape index (κ2) is 10.5. The normalized spacial score (nSPS) is 15.8. The first-order chi connectivity index (χ1) is 15.9. The molecule has 2 aromatic carbocycles. The van der Waals surface area contributed by atoms with Gasteiger partial charge in [-0.15, -0.1) is 11.8 Å². The fraction of sp³-hybridized carbons (Fsp3) is 0.304. The lowest BCUT2D eigenvalue weighted by atomic mass is 10.1. The van der Waals surface area contributed by atoms with Crippen LogP contribution in [0.25, 0.3) is 0 Å². The van der Waals surface area contributed by atoms with E-state index in [0.29, 0.717) is 43.6 Å². The molecule has 1 atom stereocenters. The van der Waals surface area contributed by atoms with Crippen molar-refractivity contribution in [1.29, 1.82) is 0 Å². The van der Waals surface area contributed by atoms with Gasteiger partial charge in [0.1, 0.15) is 11.0 Å². The molecule has 10 heteroatoms. The third kappa shape index (κ3) is 5.83. The van der Waals surface area contributed by atoms with Gasteiger partial charge in [0.15, 0.2) is 5.82 Å². The zero-order valence-corrected chi connectivity index (χ0v) is 19.8. The molecule has 0 saturated carbocycles. The average molecular weight is 488 g/mol. The largest absolute Gasteiger partial charge is 0.379 e. The highest BCUT2D eigenvalue weighted by Crippen LogP contribution is 2.33. The predicted octanol–water partition coefficient (Wildman–Crippen LogP) is 3.62. The van der Waals surface area contributed by atoms with Gasteiger partial charge in [-0.1, -0.05) is 47.6 Å². The maximum absolute atomic E-state index is 13.0. The van der Waals surface area contributed by atoms with Gasteiger partial charge >= 0.3 is 0 Å². The number of anilines is 1. The van der Waals surface area contributed by atoms with Crippen LogP contribution >= 0.6 is 11.8 Å². The minimum atomic E-state index is -3.58. The van der Waals surface area contributed by atoms with Crippen LogP contribution in [-0.4, -0.2) is 50.1 Å². The molecule has 3 aromatic rings. The molecule has 0 bridgehead atoms. The Bertz CT molecular complexity index is 1190. The van der Waals surface area contributed by atoms with Gasteiger partial charge in [-0.05, 0) is 30.2 Å². The van der Waals surface area contributed by atoms with Crippen LogP contribution in [0.5, 0.6) is 0 Å². The summed E-state index contributed by atoms with van der Waals surface area (Å²) in [7, 11) is -3.58. The molecule has 1 aliphatic rings. The number of morpholine rings is 1. The number of nitrogens with one attached hydrogen (secondary N) is 1. The van der Waals surface area contributed by atoms with Crippen molar-refractivity contribution in [2.75, 3.05) is 31.6 Å². The lowest BCUT2D eigenvalue weighted by Gasteiger charge is -2.26. The fourth-order valence-corrected chi connectivity index (χ4v) is 6.06. The minimum absolute atomic E-state index is 0.225. The standard InChI is InChI=1S/C23H25N3O5S2/c1-17-14-21(25-31-17)24-23(27)22(19-7-3-2-4-8-19)32-16-18-6-5-9-20(15-18)33(28,29)26-10-12-30-13-11-26/h2-9,14-15,22H,10-13,16H2,1H3,(H,24,25,27). The summed E-state index contributed by atoms with van der Waals surface area (Å²) in [6.07, 6.45) is 0. The van der Waals surface area contributed by atoms with Crippen LogP contribution in [0.1, 0.15) is 22.1 Å². The molecule has 1 amide bonds. The van der Waals surface area contributed by atoms with Crippen LogP contribution in [0.2, 0.25) is 0 Å².